The maximum Gasteiger partial charge on any atom is 0.253 e. The van der Waals surface area contributed by atoms with Crippen molar-refractivity contribution in [2.75, 3.05) is 13.1 Å². The van der Waals surface area contributed by atoms with E-state index in [-0.39, 0.29) is 11.8 Å². The van der Waals surface area contributed by atoms with Crippen LogP contribution in [0.2, 0.25) is 5.02 Å². The number of aromatic nitrogens is 2. The molecule has 0 radical (unpaired) electrons. The van der Waals surface area contributed by atoms with Crippen LogP contribution in [0, 0.1) is 6.92 Å². The molecule has 3 aromatic rings. The molecule has 1 aliphatic rings. The van der Waals surface area contributed by atoms with Crippen LogP contribution in [0.3, 0.4) is 0 Å². The maximum atomic E-state index is 12.6. The molecule has 2 aromatic carbocycles. The zero-order valence-corrected chi connectivity index (χ0v) is 15.8. The van der Waals surface area contributed by atoms with Gasteiger partial charge in [-0.1, -0.05) is 34.5 Å². The van der Waals surface area contributed by atoms with Crippen molar-refractivity contribution < 1.29 is 9.32 Å². The Kier molecular flexibility index (Phi) is 4.94. The van der Waals surface area contributed by atoms with E-state index >= 15 is 0 Å². The largest absolute Gasteiger partial charge is 0.339 e. The van der Waals surface area contributed by atoms with Crippen molar-refractivity contribution in [3.05, 3.63) is 70.6 Å². The Morgan fingerprint density at radius 2 is 1.74 bits per heavy atom. The number of benzene rings is 2. The summed E-state index contributed by atoms with van der Waals surface area (Å²) in [5.41, 5.74) is 2.77. The third kappa shape index (κ3) is 3.88. The lowest BCUT2D eigenvalue weighted by Crippen LogP contribution is -2.38. The molecule has 1 aliphatic heterocycles. The Hall–Kier alpha value is -2.66. The summed E-state index contributed by atoms with van der Waals surface area (Å²) in [5.74, 6) is 1.48. The highest BCUT2D eigenvalue weighted by Crippen LogP contribution is 2.29. The average molecular weight is 382 g/mol. The predicted molar refractivity (Wildman–Crippen MR) is 104 cm³/mol. The summed E-state index contributed by atoms with van der Waals surface area (Å²) in [6, 6.07) is 15.1. The fourth-order valence-corrected chi connectivity index (χ4v) is 3.45. The van der Waals surface area contributed by atoms with E-state index in [9.17, 15) is 4.79 Å². The molecule has 4 rings (SSSR count). The number of hydrogen-bond donors (Lipinski definition) is 0. The van der Waals surface area contributed by atoms with Crippen LogP contribution >= 0.6 is 11.6 Å². The van der Waals surface area contributed by atoms with Gasteiger partial charge >= 0.3 is 0 Å². The quantitative estimate of drug-likeness (QED) is 0.658. The van der Waals surface area contributed by atoms with Crippen molar-refractivity contribution in [1.82, 2.24) is 15.0 Å². The second-order valence-electron chi connectivity index (χ2n) is 6.90. The second kappa shape index (κ2) is 7.53. The number of piperidine rings is 1. The number of carbonyl (C=O) groups excluding carboxylic acids is 1. The fraction of sp³-hybridized carbons (Fsp3) is 0.286. The first-order valence-electron chi connectivity index (χ1n) is 9.05. The Balaban J connectivity index is 1.40. The zero-order valence-electron chi connectivity index (χ0n) is 15.1. The number of halogens is 1. The van der Waals surface area contributed by atoms with Gasteiger partial charge in [-0.2, -0.15) is 4.98 Å². The third-order valence-electron chi connectivity index (χ3n) is 4.97. The first-order valence-corrected chi connectivity index (χ1v) is 9.43. The van der Waals surface area contributed by atoms with Gasteiger partial charge in [-0.05, 0) is 56.2 Å². The molecule has 0 spiro atoms. The molecule has 1 amide bonds. The number of rotatable bonds is 3. The molecule has 0 unspecified atom stereocenters. The molecule has 1 aromatic heterocycles. The number of aryl methyl sites for hydroxylation is 1. The first kappa shape index (κ1) is 17.7. The predicted octanol–water partition coefficient (Wildman–Crippen LogP) is 4.72. The number of nitrogens with zero attached hydrogens (tertiary/aromatic N) is 3. The molecule has 0 N–H and O–H groups in total. The maximum absolute atomic E-state index is 12.6. The summed E-state index contributed by atoms with van der Waals surface area (Å²) in [6.07, 6.45) is 1.64. The lowest BCUT2D eigenvalue weighted by molar-refractivity contribution is 0.0704. The van der Waals surface area contributed by atoms with E-state index < -0.39 is 0 Å². The number of amides is 1. The van der Waals surface area contributed by atoms with E-state index in [1.165, 1.54) is 0 Å². The van der Waals surface area contributed by atoms with Gasteiger partial charge < -0.3 is 9.42 Å². The Morgan fingerprint density at radius 3 is 2.41 bits per heavy atom. The molecule has 5 nitrogen and oxygen atoms in total. The van der Waals surface area contributed by atoms with Crippen molar-refractivity contribution in [3.63, 3.8) is 0 Å². The van der Waals surface area contributed by atoms with Crippen LogP contribution in [-0.2, 0) is 0 Å². The average Bonchev–Trinajstić information content (AvgIpc) is 3.19. The van der Waals surface area contributed by atoms with E-state index in [0.29, 0.717) is 29.8 Å². The van der Waals surface area contributed by atoms with E-state index in [0.717, 1.165) is 29.5 Å². The zero-order chi connectivity index (χ0) is 18.8. The third-order valence-corrected chi connectivity index (χ3v) is 5.23. The fourth-order valence-electron chi connectivity index (χ4n) is 3.33. The van der Waals surface area contributed by atoms with Crippen LogP contribution in [0.1, 0.15) is 40.6 Å². The van der Waals surface area contributed by atoms with Gasteiger partial charge in [0, 0.05) is 35.2 Å². The van der Waals surface area contributed by atoms with Crippen LogP contribution < -0.4 is 0 Å². The van der Waals surface area contributed by atoms with E-state index in [1.54, 1.807) is 0 Å². The van der Waals surface area contributed by atoms with Crippen LogP contribution in [-0.4, -0.2) is 34.0 Å². The van der Waals surface area contributed by atoms with Crippen molar-refractivity contribution in [2.24, 2.45) is 0 Å². The molecular weight excluding hydrogens is 362 g/mol. The van der Waals surface area contributed by atoms with Crippen molar-refractivity contribution >= 4 is 17.5 Å². The molecule has 1 saturated heterocycles. The van der Waals surface area contributed by atoms with Crippen LogP contribution in [0.15, 0.2) is 53.1 Å². The number of likely N-dealkylation sites (tertiary alicyclic amines) is 1. The van der Waals surface area contributed by atoms with Crippen LogP contribution in [0.4, 0.5) is 0 Å². The molecule has 0 bridgehead atoms. The Morgan fingerprint density at radius 1 is 1.07 bits per heavy atom. The summed E-state index contributed by atoms with van der Waals surface area (Å²) in [7, 11) is 0. The van der Waals surface area contributed by atoms with Crippen LogP contribution in [0.25, 0.3) is 11.4 Å². The van der Waals surface area contributed by atoms with Gasteiger partial charge in [-0.15, -0.1) is 0 Å². The number of carbonyl (C=O) groups is 1. The second-order valence-corrected chi connectivity index (χ2v) is 7.33. The summed E-state index contributed by atoms with van der Waals surface area (Å²) in [5, 5.41) is 4.77. The minimum absolute atomic E-state index is 0.0841. The van der Waals surface area contributed by atoms with E-state index in [1.807, 2.05) is 60.4 Å². The molecule has 0 saturated carbocycles. The topological polar surface area (TPSA) is 59.2 Å². The molecule has 1 fully saturated rings. The highest BCUT2D eigenvalue weighted by molar-refractivity contribution is 6.30. The van der Waals surface area contributed by atoms with Gasteiger partial charge in [0.15, 0.2) is 0 Å². The van der Waals surface area contributed by atoms with E-state index in [4.69, 9.17) is 16.1 Å². The molecule has 0 aliphatic carbocycles. The Labute approximate surface area is 163 Å². The van der Waals surface area contributed by atoms with Crippen molar-refractivity contribution in [1.29, 1.82) is 0 Å². The molecular formula is C21H20ClN3O2. The SMILES string of the molecule is Cc1ccc(C(=O)N2CCC(c3nc(-c4ccc(Cl)cc4)no3)CC2)cc1. The van der Waals surface area contributed by atoms with Gasteiger partial charge in [0.25, 0.3) is 5.91 Å². The van der Waals surface area contributed by atoms with Gasteiger partial charge in [-0.3, -0.25) is 4.79 Å². The Bertz CT molecular complexity index is 927. The molecule has 27 heavy (non-hydrogen) atoms. The standard InChI is InChI=1S/C21H20ClN3O2/c1-14-2-4-17(5-3-14)21(26)25-12-10-16(11-13-25)20-23-19(24-27-20)15-6-8-18(22)9-7-15/h2-9,16H,10-13H2,1H3. The first-order chi connectivity index (χ1) is 13.1. The molecule has 6 heteroatoms. The van der Waals surface area contributed by atoms with Crippen molar-refractivity contribution in [3.8, 4) is 11.4 Å². The van der Waals surface area contributed by atoms with Crippen molar-refractivity contribution in [2.45, 2.75) is 25.7 Å². The van der Waals surface area contributed by atoms with Gasteiger partial charge in [-0.25, -0.2) is 0 Å². The van der Waals surface area contributed by atoms with Gasteiger partial charge in [0.1, 0.15) is 0 Å². The minimum Gasteiger partial charge on any atom is -0.339 e. The van der Waals surface area contributed by atoms with Gasteiger partial charge in [0.2, 0.25) is 11.7 Å². The van der Waals surface area contributed by atoms with Crippen LogP contribution in [0.5, 0.6) is 0 Å². The lowest BCUT2D eigenvalue weighted by atomic mass is 9.96. The lowest BCUT2D eigenvalue weighted by Gasteiger charge is -2.30. The monoisotopic (exact) mass is 381 g/mol. The summed E-state index contributed by atoms with van der Waals surface area (Å²) in [4.78, 5) is 19.1. The molecule has 0 atom stereocenters. The van der Waals surface area contributed by atoms with Gasteiger partial charge in [0.05, 0.1) is 0 Å². The summed E-state index contributed by atoms with van der Waals surface area (Å²) >= 11 is 5.92. The smallest absolute Gasteiger partial charge is 0.253 e. The number of hydrogen-bond acceptors (Lipinski definition) is 4. The highest BCUT2D eigenvalue weighted by atomic mass is 35.5. The summed E-state index contributed by atoms with van der Waals surface area (Å²) in [6.45, 7) is 3.40. The normalized spacial score (nSPS) is 15.1. The minimum atomic E-state index is 0.0841. The molecule has 2 heterocycles. The summed E-state index contributed by atoms with van der Waals surface area (Å²) < 4.78 is 5.48. The van der Waals surface area contributed by atoms with E-state index in [2.05, 4.69) is 10.1 Å². The highest BCUT2D eigenvalue weighted by Gasteiger charge is 2.28. The molecule has 138 valence electrons.